The molecule has 0 saturated carbocycles. The molecule has 1 heterocycles. The Morgan fingerprint density at radius 3 is 2.45 bits per heavy atom. The van der Waals surface area contributed by atoms with E-state index in [2.05, 4.69) is 10.6 Å². The molecule has 4 N–H and O–H groups in total. The molecule has 0 spiro atoms. The number of nitrogens with zero attached hydrogens (tertiary/aromatic N) is 1. The first-order chi connectivity index (χ1) is 19.3. The number of rotatable bonds is 7. The average Bonchev–Trinajstić information content (AvgIpc) is 2.94. The van der Waals surface area contributed by atoms with Crippen molar-refractivity contribution in [2.75, 3.05) is 26.2 Å². The van der Waals surface area contributed by atoms with Gasteiger partial charge in [-0.1, -0.05) is 48.5 Å². The Balaban J connectivity index is 1.53. The predicted octanol–water partition coefficient (Wildman–Crippen LogP) is 2.99. The molecule has 3 aromatic rings. The van der Waals surface area contributed by atoms with Crippen LogP contribution in [0.5, 0.6) is 5.75 Å². The minimum atomic E-state index is -3.75. The summed E-state index contributed by atoms with van der Waals surface area (Å²) in [5.41, 5.74) is 3.17. The third kappa shape index (κ3) is 8.64. The molecule has 1 aliphatic heterocycles. The number of fused-ring (bicyclic) bond motifs is 1. The molecule has 4 rings (SSSR count). The van der Waals surface area contributed by atoms with Crippen LogP contribution in [0.4, 0.5) is 0 Å². The summed E-state index contributed by atoms with van der Waals surface area (Å²) in [6.45, 7) is 2.60. The lowest BCUT2D eigenvalue weighted by molar-refractivity contribution is -0.122. The van der Waals surface area contributed by atoms with Crippen molar-refractivity contribution in [3.05, 3.63) is 95.1 Å². The highest BCUT2D eigenvalue weighted by Gasteiger charge is 2.21. The monoisotopic (exact) mass is 564 g/mol. The van der Waals surface area contributed by atoms with Crippen LogP contribution < -0.4 is 20.5 Å². The predicted molar refractivity (Wildman–Crippen MR) is 153 cm³/mol. The minimum Gasteiger partial charge on any atom is -0.493 e. The SMILES string of the molecule is NS(=O)(=O)c1ccc(CCNC(=O)c2cccc3c2CN(Cc2ccccc2)CC(=O)NCCCCCO3)cc1. The zero-order chi connectivity index (χ0) is 28.4. The van der Waals surface area contributed by atoms with Crippen molar-refractivity contribution in [2.45, 2.75) is 43.7 Å². The molecular formula is C30H36N4O5S. The molecule has 0 bridgehead atoms. The summed E-state index contributed by atoms with van der Waals surface area (Å²) < 4.78 is 29.1. The maximum absolute atomic E-state index is 13.4. The highest BCUT2D eigenvalue weighted by molar-refractivity contribution is 7.89. The fourth-order valence-corrected chi connectivity index (χ4v) is 5.16. The first kappa shape index (κ1) is 29.3. The lowest BCUT2D eigenvalue weighted by Crippen LogP contribution is -2.37. The molecule has 3 aromatic carbocycles. The maximum atomic E-state index is 13.4. The smallest absolute Gasteiger partial charge is 0.251 e. The van der Waals surface area contributed by atoms with Gasteiger partial charge in [0, 0.05) is 37.3 Å². The minimum absolute atomic E-state index is 0.0471. The topological polar surface area (TPSA) is 131 Å². The van der Waals surface area contributed by atoms with E-state index in [4.69, 9.17) is 9.88 Å². The molecule has 0 radical (unpaired) electrons. The number of amides is 2. The largest absolute Gasteiger partial charge is 0.493 e. The van der Waals surface area contributed by atoms with E-state index < -0.39 is 10.0 Å². The van der Waals surface area contributed by atoms with Gasteiger partial charge in [-0.15, -0.1) is 0 Å². The number of carbonyl (C=O) groups is 2. The van der Waals surface area contributed by atoms with Gasteiger partial charge in [-0.25, -0.2) is 13.6 Å². The third-order valence-corrected chi connectivity index (χ3v) is 7.66. The fraction of sp³-hybridized carbons (Fsp3) is 0.333. The second-order valence-electron chi connectivity index (χ2n) is 9.87. The van der Waals surface area contributed by atoms with Crippen LogP contribution in [0.1, 0.15) is 46.3 Å². The number of hydrogen-bond donors (Lipinski definition) is 3. The molecule has 2 amide bonds. The van der Waals surface area contributed by atoms with Gasteiger partial charge in [-0.05, 0) is 61.1 Å². The van der Waals surface area contributed by atoms with E-state index in [1.165, 1.54) is 12.1 Å². The third-order valence-electron chi connectivity index (χ3n) is 6.73. The molecule has 40 heavy (non-hydrogen) atoms. The number of carbonyl (C=O) groups excluding carboxylic acids is 2. The molecule has 0 saturated heterocycles. The van der Waals surface area contributed by atoms with Crippen LogP contribution in [0.3, 0.4) is 0 Å². The summed E-state index contributed by atoms with van der Waals surface area (Å²) in [5, 5.41) is 11.2. The summed E-state index contributed by atoms with van der Waals surface area (Å²) in [5.74, 6) is 0.354. The lowest BCUT2D eigenvalue weighted by atomic mass is 10.0. The van der Waals surface area contributed by atoms with Gasteiger partial charge >= 0.3 is 0 Å². The number of primary sulfonamides is 1. The highest BCUT2D eigenvalue weighted by atomic mass is 32.2. The zero-order valence-electron chi connectivity index (χ0n) is 22.5. The second kappa shape index (κ2) is 14.1. The van der Waals surface area contributed by atoms with Crippen molar-refractivity contribution < 1.29 is 22.7 Å². The summed E-state index contributed by atoms with van der Waals surface area (Å²) in [4.78, 5) is 28.2. The molecular weight excluding hydrogens is 528 g/mol. The van der Waals surface area contributed by atoms with Crippen molar-refractivity contribution >= 4 is 21.8 Å². The molecule has 0 unspecified atom stereocenters. The average molecular weight is 565 g/mol. The van der Waals surface area contributed by atoms with Crippen LogP contribution >= 0.6 is 0 Å². The summed E-state index contributed by atoms with van der Waals surface area (Å²) in [6.07, 6.45) is 3.18. The van der Waals surface area contributed by atoms with Gasteiger partial charge < -0.3 is 15.4 Å². The lowest BCUT2D eigenvalue weighted by Gasteiger charge is -2.24. The number of ether oxygens (including phenoxy) is 1. The first-order valence-corrected chi connectivity index (χ1v) is 15.0. The van der Waals surface area contributed by atoms with Crippen LogP contribution in [0, 0.1) is 0 Å². The summed E-state index contributed by atoms with van der Waals surface area (Å²) in [7, 11) is -3.75. The number of hydrogen-bond acceptors (Lipinski definition) is 6. The number of benzene rings is 3. The van der Waals surface area contributed by atoms with Gasteiger partial charge in [0.25, 0.3) is 5.91 Å². The Morgan fingerprint density at radius 2 is 1.70 bits per heavy atom. The zero-order valence-corrected chi connectivity index (χ0v) is 23.3. The van der Waals surface area contributed by atoms with E-state index in [1.807, 2.05) is 47.4 Å². The standard InChI is InChI=1S/C30H36N4O5S/c31-40(37,38)25-14-12-23(13-15-25)16-18-33-30(36)26-10-7-11-28-27(26)21-34(20-24-8-3-1-4-9-24)22-29(35)32-17-5-2-6-19-39-28/h1,3-4,7-15H,2,5-6,16-22H2,(H,32,35)(H,33,36)(H2,31,37,38). The highest BCUT2D eigenvalue weighted by Crippen LogP contribution is 2.26. The van der Waals surface area contributed by atoms with Gasteiger partial charge in [0.2, 0.25) is 15.9 Å². The van der Waals surface area contributed by atoms with Crippen molar-refractivity contribution in [2.24, 2.45) is 5.14 Å². The molecule has 10 heteroatoms. The van der Waals surface area contributed by atoms with E-state index >= 15 is 0 Å². The van der Waals surface area contributed by atoms with Gasteiger partial charge in [-0.2, -0.15) is 0 Å². The summed E-state index contributed by atoms with van der Waals surface area (Å²) in [6, 6.07) is 21.7. The maximum Gasteiger partial charge on any atom is 0.251 e. The number of nitrogens with two attached hydrogens (primary N) is 1. The van der Waals surface area contributed by atoms with Crippen molar-refractivity contribution in [3.63, 3.8) is 0 Å². The van der Waals surface area contributed by atoms with Crippen molar-refractivity contribution in [1.29, 1.82) is 0 Å². The van der Waals surface area contributed by atoms with E-state index in [1.54, 1.807) is 18.2 Å². The van der Waals surface area contributed by atoms with Crippen molar-refractivity contribution in [1.82, 2.24) is 15.5 Å². The van der Waals surface area contributed by atoms with E-state index in [9.17, 15) is 18.0 Å². The number of sulfonamides is 1. The molecule has 9 nitrogen and oxygen atoms in total. The normalized spacial score (nSPS) is 15.4. The van der Waals surface area contributed by atoms with E-state index in [0.717, 1.165) is 36.0 Å². The van der Waals surface area contributed by atoms with Gasteiger partial charge in [-0.3, -0.25) is 14.5 Å². The molecule has 212 valence electrons. The van der Waals surface area contributed by atoms with Crippen LogP contribution in [0.2, 0.25) is 0 Å². The summed E-state index contributed by atoms with van der Waals surface area (Å²) >= 11 is 0. The van der Waals surface area contributed by atoms with E-state index in [-0.39, 0.29) is 23.3 Å². The Kier molecular flexibility index (Phi) is 10.3. The Morgan fingerprint density at radius 1 is 0.925 bits per heavy atom. The molecule has 0 atom stereocenters. The molecule has 0 aromatic heterocycles. The number of nitrogens with one attached hydrogen (secondary N) is 2. The second-order valence-corrected chi connectivity index (χ2v) is 11.4. The Hall–Kier alpha value is -3.73. The van der Waals surface area contributed by atoms with Crippen LogP contribution in [-0.2, 0) is 34.3 Å². The fourth-order valence-electron chi connectivity index (χ4n) is 4.64. The molecule has 0 aliphatic carbocycles. The molecule has 1 aliphatic rings. The van der Waals surface area contributed by atoms with Crippen LogP contribution in [0.15, 0.2) is 77.7 Å². The quantitative estimate of drug-likeness (QED) is 0.405. The Bertz CT molecular complexity index is 1400. The van der Waals surface area contributed by atoms with Gasteiger partial charge in [0.05, 0.1) is 18.0 Å². The molecule has 0 fully saturated rings. The van der Waals surface area contributed by atoms with Crippen LogP contribution in [-0.4, -0.2) is 51.4 Å². The van der Waals surface area contributed by atoms with Crippen LogP contribution in [0.25, 0.3) is 0 Å². The van der Waals surface area contributed by atoms with Gasteiger partial charge in [0.15, 0.2) is 0 Å². The first-order valence-electron chi connectivity index (χ1n) is 13.5. The van der Waals surface area contributed by atoms with Crippen molar-refractivity contribution in [3.8, 4) is 5.75 Å². The Labute approximate surface area is 235 Å². The van der Waals surface area contributed by atoms with E-state index in [0.29, 0.717) is 50.5 Å². The van der Waals surface area contributed by atoms with Gasteiger partial charge in [0.1, 0.15) is 5.75 Å².